The molecule has 4 rings (SSSR count). The molecule has 3 aromatic rings. The summed E-state index contributed by atoms with van der Waals surface area (Å²) < 4.78 is 9.49. The van der Waals surface area contributed by atoms with Crippen LogP contribution in [0.25, 0.3) is 11.0 Å². The van der Waals surface area contributed by atoms with Gasteiger partial charge in [0.2, 0.25) is 0 Å². The number of benzene rings is 1. The van der Waals surface area contributed by atoms with Crippen LogP contribution in [0.2, 0.25) is 0 Å². The predicted molar refractivity (Wildman–Crippen MR) is 95.0 cm³/mol. The van der Waals surface area contributed by atoms with Gasteiger partial charge in [-0.3, -0.25) is 5.73 Å². The van der Waals surface area contributed by atoms with Crippen LogP contribution >= 0.6 is 0 Å². The van der Waals surface area contributed by atoms with E-state index in [-0.39, 0.29) is 0 Å². The SMILES string of the molecule is Nc1n(CC[NH+]2CCCC2)c2ccccc2[n+]1C[C@@H](O)c1ccco1. The van der Waals surface area contributed by atoms with Crippen LogP contribution in [-0.4, -0.2) is 29.3 Å². The van der Waals surface area contributed by atoms with E-state index in [1.54, 1.807) is 23.3 Å². The number of anilines is 1. The Bertz CT molecular complexity index is 835. The number of aliphatic hydroxyl groups excluding tert-OH is 1. The number of nitrogens with zero attached hydrogens (tertiary/aromatic N) is 2. The molecule has 1 saturated heterocycles. The minimum absolute atomic E-state index is 0.378. The Balaban J connectivity index is 1.63. The maximum atomic E-state index is 10.5. The Morgan fingerprint density at radius 3 is 2.76 bits per heavy atom. The first-order valence-electron chi connectivity index (χ1n) is 9.05. The Hall–Kier alpha value is -2.31. The summed E-state index contributed by atoms with van der Waals surface area (Å²) in [5.74, 6) is 1.25. The summed E-state index contributed by atoms with van der Waals surface area (Å²) in [6.07, 6.45) is 3.51. The molecule has 1 aromatic carbocycles. The molecule has 4 N–H and O–H groups in total. The van der Waals surface area contributed by atoms with E-state index >= 15 is 0 Å². The number of para-hydroxylation sites is 2. The van der Waals surface area contributed by atoms with E-state index in [1.165, 1.54) is 25.9 Å². The van der Waals surface area contributed by atoms with Gasteiger partial charge in [0.05, 0.1) is 19.4 Å². The Morgan fingerprint density at radius 1 is 1.20 bits per heavy atom. The fraction of sp³-hybridized carbons (Fsp3) is 0.421. The van der Waals surface area contributed by atoms with Crippen LogP contribution in [0.1, 0.15) is 24.7 Å². The van der Waals surface area contributed by atoms with Crippen LogP contribution < -0.4 is 15.2 Å². The monoisotopic (exact) mass is 342 g/mol. The summed E-state index contributed by atoms with van der Waals surface area (Å²) in [6, 6.07) is 11.8. The number of aromatic nitrogens is 2. The second-order valence-corrected chi connectivity index (χ2v) is 6.85. The minimum Gasteiger partial charge on any atom is -0.466 e. The van der Waals surface area contributed by atoms with Crippen molar-refractivity contribution in [1.82, 2.24) is 4.57 Å². The topological polar surface area (TPSA) is 72.6 Å². The zero-order valence-corrected chi connectivity index (χ0v) is 14.4. The van der Waals surface area contributed by atoms with Gasteiger partial charge in [-0.1, -0.05) is 12.1 Å². The number of nitrogen functional groups attached to an aromatic ring is 1. The lowest BCUT2D eigenvalue weighted by Gasteiger charge is -2.11. The van der Waals surface area contributed by atoms with Crippen molar-refractivity contribution in [3.05, 3.63) is 48.4 Å². The number of aliphatic hydroxyl groups is 1. The molecule has 1 atom stereocenters. The maximum absolute atomic E-state index is 10.5. The number of nitrogens with two attached hydrogens (primary N) is 1. The van der Waals surface area contributed by atoms with Crippen molar-refractivity contribution in [3.8, 4) is 0 Å². The van der Waals surface area contributed by atoms with Crippen molar-refractivity contribution in [2.24, 2.45) is 0 Å². The van der Waals surface area contributed by atoms with Gasteiger partial charge in [0.1, 0.15) is 42.5 Å². The average molecular weight is 342 g/mol. The number of hydrogen-bond donors (Lipinski definition) is 3. The zero-order valence-electron chi connectivity index (χ0n) is 14.4. The summed E-state index contributed by atoms with van der Waals surface area (Å²) in [7, 11) is 0. The zero-order chi connectivity index (χ0) is 17.2. The van der Waals surface area contributed by atoms with E-state index < -0.39 is 6.10 Å². The number of nitrogens with one attached hydrogen (secondary N) is 1. The number of likely N-dealkylation sites (tertiary alicyclic amines) is 1. The third-order valence-corrected chi connectivity index (χ3v) is 5.24. The standard InChI is InChI=1S/C19H24N4O2/c20-19-22(12-11-21-9-3-4-10-21)15-6-1-2-7-16(15)23(19)14-17(24)18-8-5-13-25-18/h1-2,5-8,13,17,20,24H,3-4,9-12,14H2/p+2/t17-/m1/s1. The predicted octanol–water partition coefficient (Wildman–Crippen LogP) is 0.516. The number of furan rings is 1. The highest BCUT2D eigenvalue weighted by molar-refractivity contribution is 5.73. The lowest BCUT2D eigenvalue weighted by Crippen LogP contribution is -3.10. The Morgan fingerprint density at radius 2 is 2.00 bits per heavy atom. The van der Waals surface area contributed by atoms with E-state index in [0.717, 1.165) is 24.1 Å². The van der Waals surface area contributed by atoms with Gasteiger partial charge < -0.3 is 14.4 Å². The summed E-state index contributed by atoms with van der Waals surface area (Å²) in [5, 5.41) is 10.5. The Labute approximate surface area is 147 Å². The summed E-state index contributed by atoms with van der Waals surface area (Å²) >= 11 is 0. The molecule has 1 aliphatic rings. The fourth-order valence-electron chi connectivity index (χ4n) is 3.88. The second-order valence-electron chi connectivity index (χ2n) is 6.85. The summed E-state index contributed by atoms with van der Waals surface area (Å²) in [6.45, 7) is 4.88. The average Bonchev–Trinajstić information content (AvgIpc) is 3.36. The van der Waals surface area contributed by atoms with Crippen molar-refractivity contribution in [2.75, 3.05) is 25.4 Å². The molecule has 1 aliphatic heterocycles. The molecule has 0 aliphatic carbocycles. The Kier molecular flexibility index (Phi) is 4.46. The van der Waals surface area contributed by atoms with E-state index in [2.05, 4.69) is 16.7 Å². The number of imidazole rings is 1. The van der Waals surface area contributed by atoms with E-state index in [1.807, 2.05) is 16.7 Å². The van der Waals surface area contributed by atoms with Crippen molar-refractivity contribution in [1.29, 1.82) is 0 Å². The molecule has 6 heteroatoms. The van der Waals surface area contributed by atoms with Crippen LogP contribution in [0.4, 0.5) is 5.95 Å². The molecule has 0 unspecified atom stereocenters. The van der Waals surface area contributed by atoms with Crippen molar-refractivity contribution < 1.29 is 19.0 Å². The van der Waals surface area contributed by atoms with E-state index in [0.29, 0.717) is 18.3 Å². The molecule has 0 bridgehead atoms. The smallest absolute Gasteiger partial charge is 0.356 e. The van der Waals surface area contributed by atoms with E-state index in [4.69, 9.17) is 10.2 Å². The number of fused-ring (bicyclic) bond motifs is 1. The van der Waals surface area contributed by atoms with Crippen LogP contribution in [-0.2, 0) is 13.1 Å². The molecule has 0 spiro atoms. The normalized spacial score (nSPS) is 16.7. The van der Waals surface area contributed by atoms with Gasteiger partial charge in [0.15, 0.2) is 0 Å². The van der Waals surface area contributed by atoms with Gasteiger partial charge >= 0.3 is 5.95 Å². The van der Waals surface area contributed by atoms with Gasteiger partial charge in [-0.2, -0.15) is 0 Å². The minimum atomic E-state index is -0.717. The highest BCUT2D eigenvalue weighted by Gasteiger charge is 2.25. The largest absolute Gasteiger partial charge is 0.466 e. The molecule has 25 heavy (non-hydrogen) atoms. The number of quaternary nitrogens is 1. The first-order chi connectivity index (χ1) is 12.2. The molecule has 0 radical (unpaired) electrons. The second kappa shape index (κ2) is 6.90. The van der Waals surface area contributed by atoms with Gasteiger partial charge in [-0.15, -0.1) is 0 Å². The lowest BCUT2D eigenvalue weighted by atomic mass is 10.2. The van der Waals surface area contributed by atoms with Gasteiger partial charge in [-0.05, 0) is 24.3 Å². The molecule has 1 fully saturated rings. The van der Waals surface area contributed by atoms with Crippen LogP contribution in [0, 0.1) is 0 Å². The van der Waals surface area contributed by atoms with Crippen molar-refractivity contribution >= 4 is 17.0 Å². The summed E-state index contributed by atoms with van der Waals surface area (Å²) in [5.41, 5.74) is 8.64. The van der Waals surface area contributed by atoms with Gasteiger partial charge in [-0.25, -0.2) is 9.13 Å². The van der Waals surface area contributed by atoms with Gasteiger partial charge in [0.25, 0.3) is 0 Å². The van der Waals surface area contributed by atoms with Crippen LogP contribution in [0.5, 0.6) is 0 Å². The molecule has 2 aromatic heterocycles. The third-order valence-electron chi connectivity index (χ3n) is 5.24. The highest BCUT2D eigenvalue weighted by Crippen LogP contribution is 2.19. The summed E-state index contributed by atoms with van der Waals surface area (Å²) in [4.78, 5) is 1.65. The molecule has 132 valence electrons. The number of rotatable bonds is 6. The molecular formula is C19H26N4O2+2. The maximum Gasteiger partial charge on any atom is 0.356 e. The molecule has 0 amide bonds. The molecule has 3 heterocycles. The van der Waals surface area contributed by atoms with Crippen molar-refractivity contribution in [3.63, 3.8) is 0 Å². The number of hydrogen-bond acceptors (Lipinski definition) is 3. The van der Waals surface area contributed by atoms with Gasteiger partial charge in [0, 0.05) is 12.8 Å². The van der Waals surface area contributed by atoms with Crippen molar-refractivity contribution in [2.45, 2.75) is 32.0 Å². The molecule has 0 saturated carbocycles. The quantitative estimate of drug-likeness (QED) is 0.572. The van der Waals surface area contributed by atoms with E-state index in [9.17, 15) is 5.11 Å². The first-order valence-corrected chi connectivity index (χ1v) is 9.05. The van der Waals surface area contributed by atoms with Crippen LogP contribution in [0.15, 0.2) is 47.1 Å². The molecular weight excluding hydrogens is 316 g/mol. The lowest BCUT2D eigenvalue weighted by molar-refractivity contribution is -0.888. The van der Waals surface area contributed by atoms with Crippen LogP contribution in [0.3, 0.4) is 0 Å². The highest BCUT2D eigenvalue weighted by atomic mass is 16.4. The fourth-order valence-corrected chi connectivity index (χ4v) is 3.88. The third kappa shape index (κ3) is 3.15. The first kappa shape index (κ1) is 16.2. The molecule has 6 nitrogen and oxygen atoms in total.